The van der Waals surface area contributed by atoms with Crippen LogP contribution < -0.4 is 0 Å². The summed E-state index contributed by atoms with van der Waals surface area (Å²) in [5.41, 5.74) is 6.55. The van der Waals surface area contributed by atoms with Crippen LogP contribution in [0.25, 0.3) is 10.2 Å². The summed E-state index contributed by atoms with van der Waals surface area (Å²) in [7, 11) is 0. The van der Waals surface area contributed by atoms with Gasteiger partial charge < -0.3 is 0 Å². The molecule has 2 heteroatoms. The quantitative estimate of drug-likeness (QED) is 0.580. The molecule has 1 heterocycles. The lowest BCUT2D eigenvalue weighted by atomic mass is 10.1. The van der Waals surface area contributed by atoms with Crippen LogP contribution >= 0.6 is 11.3 Å². The van der Waals surface area contributed by atoms with E-state index in [-0.39, 0.29) is 0 Å². The summed E-state index contributed by atoms with van der Waals surface area (Å²) in [6.45, 7) is 4.20. The molecule has 0 bridgehead atoms. The number of hydrogen-bond donors (Lipinski definition) is 0. The maximum absolute atomic E-state index is 4.13. The van der Waals surface area contributed by atoms with Crippen LogP contribution in [0.2, 0.25) is 0 Å². The first kappa shape index (κ1) is 6.80. The van der Waals surface area contributed by atoms with E-state index in [4.69, 9.17) is 0 Å². The molecule has 0 amide bonds. The molecule has 0 aliphatic rings. The van der Waals surface area contributed by atoms with Crippen molar-refractivity contribution >= 4 is 21.6 Å². The molecule has 55 valence electrons. The average molecular weight is 162 g/mol. The third-order valence-electron chi connectivity index (χ3n) is 1.71. The first-order valence-corrected chi connectivity index (χ1v) is 4.33. The van der Waals surface area contributed by atoms with Crippen LogP contribution in [0.15, 0.2) is 12.1 Å². The van der Waals surface area contributed by atoms with Gasteiger partial charge in [-0.1, -0.05) is 6.07 Å². The summed E-state index contributed by atoms with van der Waals surface area (Å²) >= 11 is 1.59. The second-order valence-electron chi connectivity index (χ2n) is 2.74. The molecule has 0 fully saturated rings. The highest BCUT2D eigenvalue weighted by Crippen LogP contribution is 2.22. The van der Waals surface area contributed by atoms with Crippen molar-refractivity contribution in [2.24, 2.45) is 0 Å². The number of benzene rings is 1. The zero-order valence-electron chi connectivity index (χ0n) is 6.51. The monoisotopic (exact) mass is 162 g/mol. The van der Waals surface area contributed by atoms with E-state index in [2.05, 4.69) is 36.5 Å². The largest absolute Gasteiger partial charge is 0.233 e. The predicted molar refractivity (Wildman–Crippen MR) is 47.9 cm³/mol. The second kappa shape index (κ2) is 2.31. The molecule has 0 N–H and O–H groups in total. The standard InChI is InChI=1S/C9H8NS/c1-6-3-7(2)9-8(4-6)10-5-11-9/h3-4H,1-2H3. The van der Waals surface area contributed by atoms with E-state index in [1.54, 1.807) is 11.3 Å². The van der Waals surface area contributed by atoms with E-state index in [0.717, 1.165) is 5.52 Å². The van der Waals surface area contributed by atoms with Crippen molar-refractivity contribution in [1.82, 2.24) is 4.98 Å². The SMILES string of the molecule is Cc1cc(C)c2s[c]nc2c1. The van der Waals surface area contributed by atoms with E-state index >= 15 is 0 Å². The van der Waals surface area contributed by atoms with Crippen LogP contribution in [0.5, 0.6) is 0 Å². The lowest BCUT2D eigenvalue weighted by Gasteiger charge is -1.95. The first-order chi connectivity index (χ1) is 5.27. The molecule has 11 heavy (non-hydrogen) atoms. The Morgan fingerprint density at radius 1 is 1.36 bits per heavy atom. The molecule has 1 radical (unpaired) electrons. The normalized spacial score (nSPS) is 10.7. The number of aryl methyl sites for hydroxylation is 2. The Bertz CT molecular complexity index is 389. The number of nitrogens with zero attached hydrogens (tertiary/aromatic N) is 1. The summed E-state index contributed by atoms with van der Waals surface area (Å²) in [4.78, 5) is 4.13. The van der Waals surface area contributed by atoms with E-state index in [1.165, 1.54) is 15.8 Å². The number of rotatable bonds is 0. The molecule has 1 nitrogen and oxygen atoms in total. The second-order valence-corrected chi connectivity index (χ2v) is 3.53. The Hall–Kier alpha value is -0.890. The lowest BCUT2D eigenvalue weighted by Crippen LogP contribution is -1.76. The minimum atomic E-state index is 1.08. The molecule has 0 spiro atoms. The van der Waals surface area contributed by atoms with Gasteiger partial charge in [0.25, 0.3) is 0 Å². The number of aromatic nitrogens is 1. The number of hydrogen-bond acceptors (Lipinski definition) is 2. The van der Waals surface area contributed by atoms with Crippen molar-refractivity contribution in [3.05, 3.63) is 28.8 Å². The van der Waals surface area contributed by atoms with Gasteiger partial charge in [0.15, 0.2) is 5.51 Å². The van der Waals surface area contributed by atoms with Gasteiger partial charge in [-0.2, -0.15) is 0 Å². The Morgan fingerprint density at radius 2 is 2.18 bits per heavy atom. The highest BCUT2D eigenvalue weighted by atomic mass is 32.1. The Labute approximate surface area is 69.7 Å². The molecule has 0 atom stereocenters. The Morgan fingerprint density at radius 3 is 3.00 bits per heavy atom. The van der Waals surface area contributed by atoms with Crippen molar-refractivity contribution in [1.29, 1.82) is 0 Å². The number of fused-ring (bicyclic) bond motifs is 1. The Balaban J connectivity index is 2.91. The van der Waals surface area contributed by atoms with E-state index in [0.29, 0.717) is 0 Å². The van der Waals surface area contributed by atoms with Crippen molar-refractivity contribution in [2.45, 2.75) is 13.8 Å². The minimum absolute atomic E-state index is 1.08. The van der Waals surface area contributed by atoms with Crippen LogP contribution in [-0.4, -0.2) is 4.98 Å². The van der Waals surface area contributed by atoms with Gasteiger partial charge in [-0.05, 0) is 31.0 Å². The van der Waals surface area contributed by atoms with Crippen molar-refractivity contribution in [3.63, 3.8) is 0 Å². The molecular weight excluding hydrogens is 154 g/mol. The van der Waals surface area contributed by atoms with Gasteiger partial charge in [0.1, 0.15) is 0 Å². The van der Waals surface area contributed by atoms with Crippen LogP contribution in [0.3, 0.4) is 0 Å². The summed E-state index contributed by atoms with van der Waals surface area (Å²) < 4.78 is 1.26. The van der Waals surface area contributed by atoms with Gasteiger partial charge in [-0.25, -0.2) is 4.98 Å². The third kappa shape index (κ3) is 1.03. The fraction of sp³-hybridized carbons (Fsp3) is 0.222. The van der Waals surface area contributed by atoms with Gasteiger partial charge in [0.2, 0.25) is 0 Å². The fourth-order valence-electron chi connectivity index (χ4n) is 1.27. The van der Waals surface area contributed by atoms with Gasteiger partial charge in [0.05, 0.1) is 10.2 Å². The molecule has 0 saturated heterocycles. The lowest BCUT2D eigenvalue weighted by molar-refractivity contribution is 1.40. The van der Waals surface area contributed by atoms with Crippen LogP contribution in [0.4, 0.5) is 0 Å². The summed E-state index contributed by atoms with van der Waals surface area (Å²) in [6.07, 6.45) is 0. The van der Waals surface area contributed by atoms with E-state index < -0.39 is 0 Å². The average Bonchev–Trinajstić information content (AvgIpc) is 2.34. The fourth-order valence-corrected chi connectivity index (χ4v) is 1.93. The molecule has 0 unspecified atom stereocenters. The first-order valence-electron chi connectivity index (χ1n) is 3.51. The summed E-state index contributed by atoms with van der Waals surface area (Å²) in [5, 5.41) is 0. The van der Waals surface area contributed by atoms with Crippen LogP contribution in [0, 0.1) is 19.4 Å². The maximum Gasteiger partial charge on any atom is 0.153 e. The van der Waals surface area contributed by atoms with Gasteiger partial charge in [0, 0.05) is 0 Å². The maximum atomic E-state index is 4.13. The molecule has 1 aromatic carbocycles. The minimum Gasteiger partial charge on any atom is -0.233 e. The number of thiazole rings is 1. The zero-order chi connectivity index (χ0) is 7.84. The van der Waals surface area contributed by atoms with E-state index in [9.17, 15) is 0 Å². The van der Waals surface area contributed by atoms with Crippen LogP contribution in [-0.2, 0) is 0 Å². The Kier molecular flexibility index (Phi) is 1.43. The molecule has 2 rings (SSSR count). The highest BCUT2D eigenvalue weighted by Gasteiger charge is 2.00. The van der Waals surface area contributed by atoms with Gasteiger partial charge in [-0.15, -0.1) is 11.3 Å². The predicted octanol–water partition coefficient (Wildman–Crippen LogP) is 2.71. The topological polar surface area (TPSA) is 12.9 Å². The molecule has 0 aliphatic heterocycles. The molecule has 0 saturated carbocycles. The van der Waals surface area contributed by atoms with Crippen LogP contribution in [0.1, 0.15) is 11.1 Å². The highest BCUT2D eigenvalue weighted by molar-refractivity contribution is 7.16. The smallest absolute Gasteiger partial charge is 0.153 e. The molecule has 1 aromatic heterocycles. The summed E-state index contributed by atoms with van der Waals surface area (Å²) in [5.74, 6) is 0. The molecule has 2 aromatic rings. The van der Waals surface area contributed by atoms with Crippen molar-refractivity contribution in [2.75, 3.05) is 0 Å². The van der Waals surface area contributed by atoms with E-state index in [1.807, 2.05) is 0 Å². The summed E-state index contributed by atoms with van der Waals surface area (Å²) in [6, 6.07) is 4.27. The van der Waals surface area contributed by atoms with Crippen molar-refractivity contribution in [3.8, 4) is 0 Å². The van der Waals surface area contributed by atoms with Crippen molar-refractivity contribution < 1.29 is 0 Å². The zero-order valence-corrected chi connectivity index (χ0v) is 7.33. The third-order valence-corrected chi connectivity index (χ3v) is 2.63. The molecule has 0 aliphatic carbocycles. The van der Waals surface area contributed by atoms with Gasteiger partial charge >= 0.3 is 0 Å². The van der Waals surface area contributed by atoms with Gasteiger partial charge in [-0.3, -0.25) is 0 Å². The molecular formula is C9H8NS.